The Bertz CT molecular complexity index is 687. The molecular weight excluding hydrogens is 274 g/mol. The van der Waals surface area contributed by atoms with Gasteiger partial charge in [-0.05, 0) is 18.9 Å². The number of nitrogens with two attached hydrogens (primary N) is 1. The third kappa shape index (κ3) is 2.90. The molecule has 1 aromatic heterocycles. The summed E-state index contributed by atoms with van der Waals surface area (Å²) in [5.74, 6) is 7.10. The normalized spacial score (nSPS) is 13.8. The summed E-state index contributed by atoms with van der Waals surface area (Å²) in [6.45, 7) is 0. The molecule has 3 rings (SSSR count). The van der Waals surface area contributed by atoms with E-state index in [1.807, 2.05) is 0 Å². The number of hydrogen-bond donors (Lipinski definition) is 2. The highest BCUT2D eigenvalue weighted by Crippen LogP contribution is 2.39. The number of para-hydroxylation sites is 2. The van der Waals surface area contributed by atoms with E-state index in [4.69, 9.17) is 10.6 Å². The van der Waals surface area contributed by atoms with E-state index in [0.717, 1.165) is 12.8 Å². The molecule has 0 spiro atoms. The Morgan fingerprint density at radius 1 is 1.33 bits per heavy atom. The molecule has 8 heteroatoms. The zero-order valence-electron chi connectivity index (χ0n) is 11.0. The van der Waals surface area contributed by atoms with E-state index in [9.17, 15) is 10.1 Å². The molecule has 21 heavy (non-hydrogen) atoms. The molecule has 0 bridgehead atoms. The van der Waals surface area contributed by atoms with Gasteiger partial charge in [0.15, 0.2) is 0 Å². The van der Waals surface area contributed by atoms with Crippen LogP contribution < -0.4 is 16.0 Å². The first-order valence-corrected chi connectivity index (χ1v) is 6.44. The molecule has 1 fully saturated rings. The molecule has 1 aromatic carbocycles. The number of ether oxygens (including phenoxy) is 1. The third-order valence-electron chi connectivity index (χ3n) is 3.09. The van der Waals surface area contributed by atoms with Gasteiger partial charge in [-0.2, -0.15) is 4.98 Å². The standard InChI is InChI=1S/C13H13N5O3/c14-17-11-7-12(16-13(15-11)8-5-6-8)21-10-4-2-1-3-9(10)18(19)20/h1-4,7-8H,5-6,14H2,(H,15,16,17). The lowest BCUT2D eigenvalue weighted by Gasteiger charge is -2.08. The van der Waals surface area contributed by atoms with Gasteiger partial charge in [-0.3, -0.25) is 10.1 Å². The van der Waals surface area contributed by atoms with Crippen LogP contribution in [0.4, 0.5) is 11.5 Å². The van der Waals surface area contributed by atoms with Crippen LogP contribution in [0.1, 0.15) is 24.6 Å². The van der Waals surface area contributed by atoms with Crippen molar-refractivity contribution in [3.63, 3.8) is 0 Å². The fraction of sp³-hybridized carbons (Fsp3) is 0.231. The lowest BCUT2D eigenvalue weighted by molar-refractivity contribution is -0.385. The van der Waals surface area contributed by atoms with Gasteiger partial charge < -0.3 is 10.2 Å². The summed E-state index contributed by atoms with van der Waals surface area (Å²) in [4.78, 5) is 19.0. The third-order valence-corrected chi connectivity index (χ3v) is 3.09. The minimum atomic E-state index is -0.500. The summed E-state index contributed by atoms with van der Waals surface area (Å²) in [5.41, 5.74) is 2.33. The molecule has 2 aromatic rings. The van der Waals surface area contributed by atoms with E-state index >= 15 is 0 Å². The monoisotopic (exact) mass is 287 g/mol. The number of hydrazine groups is 1. The molecule has 1 heterocycles. The van der Waals surface area contributed by atoms with E-state index in [1.54, 1.807) is 12.1 Å². The number of nitro groups is 1. The van der Waals surface area contributed by atoms with E-state index in [-0.39, 0.29) is 17.3 Å². The van der Waals surface area contributed by atoms with E-state index < -0.39 is 4.92 Å². The topological polar surface area (TPSA) is 116 Å². The number of nitrogens with zero attached hydrogens (tertiary/aromatic N) is 3. The lowest BCUT2D eigenvalue weighted by Crippen LogP contribution is -2.10. The van der Waals surface area contributed by atoms with Gasteiger partial charge >= 0.3 is 5.69 Å². The summed E-state index contributed by atoms with van der Waals surface area (Å²) < 4.78 is 5.54. The first-order chi connectivity index (χ1) is 10.2. The summed E-state index contributed by atoms with van der Waals surface area (Å²) in [6.07, 6.45) is 2.05. The highest BCUT2D eigenvalue weighted by Gasteiger charge is 2.28. The van der Waals surface area contributed by atoms with Crippen molar-refractivity contribution in [3.05, 3.63) is 46.3 Å². The molecule has 0 unspecified atom stereocenters. The molecule has 108 valence electrons. The van der Waals surface area contributed by atoms with Gasteiger partial charge in [0, 0.05) is 18.1 Å². The molecule has 1 saturated carbocycles. The first kappa shape index (κ1) is 13.3. The van der Waals surface area contributed by atoms with Gasteiger partial charge in [0.05, 0.1) is 4.92 Å². The second-order valence-corrected chi connectivity index (χ2v) is 4.70. The number of benzene rings is 1. The first-order valence-electron chi connectivity index (χ1n) is 6.44. The number of nitro benzene ring substituents is 1. The van der Waals surface area contributed by atoms with Gasteiger partial charge in [0.25, 0.3) is 0 Å². The molecule has 1 aliphatic rings. The average Bonchev–Trinajstić information content (AvgIpc) is 3.32. The van der Waals surface area contributed by atoms with Gasteiger partial charge in [-0.15, -0.1) is 0 Å². The predicted molar refractivity (Wildman–Crippen MR) is 75.0 cm³/mol. The number of anilines is 1. The van der Waals surface area contributed by atoms with Crippen LogP contribution in [-0.2, 0) is 0 Å². The number of nitrogen functional groups attached to an aromatic ring is 1. The van der Waals surface area contributed by atoms with Crippen molar-refractivity contribution >= 4 is 11.5 Å². The van der Waals surface area contributed by atoms with Gasteiger partial charge in [-0.1, -0.05) is 12.1 Å². The molecule has 0 atom stereocenters. The van der Waals surface area contributed by atoms with Crippen LogP contribution in [0.3, 0.4) is 0 Å². The van der Waals surface area contributed by atoms with Gasteiger partial charge in [0.2, 0.25) is 11.6 Å². The fourth-order valence-corrected chi connectivity index (χ4v) is 1.90. The van der Waals surface area contributed by atoms with E-state index in [2.05, 4.69) is 15.4 Å². The van der Waals surface area contributed by atoms with Crippen LogP contribution in [0.25, 0.3) is 0 Å². The largest absolute Gasteiger partial charge is 0.432 e. The predicted octanol–water partition coefficient (Wildman–Crippen LogP) is 2.34. The van der Waals surface area contributed by atoms with Crippen molar-refractivity contribution in [1.29, 1.82) is 0 Å². The van der Waals surface area contributed by atoms with Crippen LogP contribution in [0.5, 0.6) is 11.6 Å². The minimum absolute atomic E-state index is 0.119. The highest BCUT2D eigenvalue weighted by molar-refractivity contribution is 5.48. The Morgan fingerprint density at radius 2 is 2.10 bits per heavy atom. The molecule has 3 N–H and O–H groups in total. The maximum Gasteiger partial charge on any atom is 0.311 e. The Hall–Kier alpha value is -2.74. The lowest BCUT2D eigenvalue weighted by atomic mass is 10.3. The average molecular weight is 287 g/mol. The Balaban J connectivity index is 1.94. The fourth-order valence-electron chi connectivity index (χ4n) is 1.90. The van der Waals surface area contributed by atoms with Gasteiger partial charge in [0.1, 0.15) is 11.6 Å². The number of hydrogen-bond acceptors (Lipinski definition) is 7. The Morgan fingerprint density at radius 3 is 2.76 bits per heavy atom. The summed E-state index contributed by atoms with van der Waals surface area (Å²) >= 11 is 0. The van der Waals surface area contributed by atoms with Crippen LogP contribution in [0.15, 0.2) is 30.3 Å². The van der Waals surface area contributed by atoms with Crippen LogP contribution in [0.2, 0.25) is 0 Å². The van der Waals surface area contributed by atoms with Crippen molar-refractivity contribution in [2.45, 2.75) is 18.8 Å². The minimum Gasteiger partial charge on any atom is -0.432 e. The van der Waals surface area contributed by atoms with Gasteiger partial charge in [-0.25, -0.2) is 10.8 Å². The molecule has 0 radical (unpaired) electrons. The van der Waals surface area contributed by atoms with Crippen molar-refractivity contribution in [2.75, 3.05) is 5.43 Å². The molecule has 0 amide bonds. The highest BCUT2D eigenvalue weighted by atomic mass is 16.6. The quantitative estimate of drug-likeness (QED) is 0.492. The van der Waals surface area contributed by atoms with E-state index in [0.29, 0.717) is 17.6 Å². The molecule has 8 nitrogen and oxygen atoms in total. The van der Waals surface area contributed by atoms with Crippen LogP contribution in [0, 0.1) is 10.1 Å². The molecule has 0 saturated heterocycles. The van der Waals surface area contributed by atoms with Crippen molar-refractivity contribution in [1.82, 2.24) is 9.97 Å². The van der Waals surface area contributed by atoms with Crippen molar-refractivity contribution < 1.29 is 9.66 Å². The summed E-state index contributed by atoms with van der Waals surface area (Å²) in [7, 11) is 0. The molecule has 1 aliphatic carbocycles. The Kier molecular flexibility index (Phi) is 3.36. The van der Waals surface area contributed by atoms with Crippen molar-refractivity contribution in [3.8, 4) is 11.6 Å². The number of aromatic nitrogens is 2. The zero-order chi connectivity index (χ0) is 14.8. The van der Waals surface area contributed by atoms with Crippen LogP contribution in [-0.4, -0.2) is 14.9 Å². The SMILES string of the molecule is NNc1cc(Oc2ccccc2[N+](=O)[O-])nc(C2CC2)n1. The Labute approximate surface area is 120 Å². The molecule has 0 aliphatic heterocycles. The van der Waals surface area contributed by atoms with Crippen molar-refractivity contribution in [2.24, 2.45) is 5.84 Å². The zero-order valence-corrected chi connectivity index (χ0v) is 11.0. The summed E-state index contributed by atoms with van der Waals surface area (Å²) in [5, 5.41) is 11.0. The smallest absolute Gasteiger partial charge is 0.311 e. The maximum atomic E-state index is 11.0. The van der Waals surface area contributed by atoms with Crippen LogP contribution >= 0.6 is 0 Å². The number of rotatable bonds is 5. The molecular formula is C13H13N5O3. The second kappa shape index (κ2) is 5.33. The van der Waals surface area contributed by atoms with E-state index in [1.165, 1.54) is 18.2 Å². The second-order valence-electron chi connectivity index (χ2n) is 4.70. The summed E-state index contributed by atoms with van der Waals surface area (Å²) in [6, 6.07) is 7.64. The number of nitrogens with one attached hydrogen (secondary N) is 1. The maximum absolute atomic E-state index is 11.0.